The van der Waals surface area contributed by atoms with Crippen molar-refractivity contribution in [3.63, 3.8) is 0 Å². The van der Waals surface area contributed by atoms with Gasteiger partial charge in [-0.3, -0.25) is 9.48 Å². The Morgan fingerprint density at radius 3 is 3.06 bits per heavy atom. The van der Waals surface area contributed by atoms with Gasteiger partial charge in [0.2, 0.25) is 0 Å². The number of aryl methyl sites for hydroxylation is 1. The molecule has 1 aliphatic rings. The molecule has 0 aliphatic carbocycles. The second kappa shape index (κ2) is 5.31. The van der Waals surface area contributed by atoms with Crippen LogP contribution in [0.25, 0.3) is 0 Å². The highest BCUT2D eigenvalue weighted by atomic mass is 16.2. The molecule has 1 atom stereocenters. The highest BCUT2D eigenvalue weighted by molar-refractivity contribution is 5.92. The van der Waals surface area contributed by atoms with Gasteiger partial charge in [0.1, 0.15) is 5.69 Å². The van der Waals surface area contributed by atoms with Crippen molar-refractivity contribution in [2.24, 2.45) is 7.05 Å². The molecule has 1 N–H and O–H groups in total. The minimum Gasteiger partial charge on any atom is -0.337 e. The van der Waals surface area contributed by atoms with Crippen LogP contribution in [-0.4, -0.2) is 46.8 Å². The zero-order chi connectivity index (χ0) is 12.3. The van der Waals surface area contributed by atoms with E-state index in [1.165, 1.54) is 0 Å². The fraction of sp³-hybridized carbons (Fsp3) is 0.667. The molecule has 2 rings (SSSR count). The summed E-state index contributed by atoms with van der Waals surface area (Å²) in [6.45, 7) is 2.05. The molecule has 0 spiro atoms. The SMILES string of the molecule is CN(C(=O)c1ccn(C)n1)C1CCCNCC1. The van der Waals surface area contributed by atoms with Crippen LogP contribution in [0.3, 0.4) is 0 Å². The summed E-state index contributed by atoms with van der Waals surface area (Å²) >= 11 is 0. The van der Waals surface area contributed by atoms with Gasteiger partial charge in [0.25, 0.3) is 5.91 Å². The third kappa shape index (κ3) is 2.85. The molecule has 1 amide bonds. The molecular formula is C12H20N4O. The number of carbonyl (C=O) groups is 1. The molecule has 0 aromatic carbocycles. The average molecular weight is 236 g/mol. The first-order chi connectivity index (χ1) is 8.18. The normalized spacial score (nSPS) is 20.9. The first-order valence-electron chi connectivity index (χ1n) is 6.16. The average Bonchev–Trinajstić information content (AvgIpc) is 2.60. The molecule has 1 aromatic rings. The van der Waals surface area contributed by atoms with E-state index in [1.807, 2.05) is 19.0 Å². The first-order valence-corrected chi connectivity index (χ1v) is 6.16. The minimum atomic E-state index is 0.0255. The molecule has 2 heterocycles. The van der Waals surface area contributed by atoms with Gasteiger partial charge in [0.05, 0.1) is 0 Å². The summed E-state index contributed by atoms with van der Waals surface area (Å²) in [5.74, 6) is 0.0255. The quantitative estimate of drug-likeness (QED) is 0.819. The fourth-order valence-corrected chi connectivity index (χ4v) is 2.26. The monoisotopic (exact) mass is 236 g/mol. The van der Waals surface area contributed by atoms with Crippen LogP contribution in [-0.2, 0) is 7.05 Å². The zero-order valence-corrected chi connectivity index (χ0v) is 10.5. The Labute approximate surface area is 102 Å². The van der Waals surface area contributed by atoms with Crippen molar-refractivity contribution in [3.05, 3.63) is 18.0 Å². The predicted molar refractivity (Wildman–Crippen MR) is 65.8 cm³/mol. The molecule has 0 radical (unpaired) electrons. The minimum absolute atomic E-state index is 0.0255. The van der Waals surface area contributed by atoms with Crippen molar-refractivity contribution >= 4 is 5.91 Å². The number of nitrogens with zero attached hydrogens (tertiary/aromatic N) is 3. The van der Waals surface area contributed by atoms with Crippen molar-refractivity contribution in [1.29, 1.82) is 0 Å². The van der Waals surface area contributed by atoms with Crippen molar-refractivity contribution in [2.75, 3.05) is 20.1 Å². The van der Waals surface area contributed by atoms with E-state index in [0.29, 0.717) is 11.7 Å². The molecule has 94 valence electrons. The van der Waals surface area contributed by atoms with Gasteiger partial charge in [-0.1, -0.05) is 0 Å². The number of nitrogens with one attached hydrogen (secondary N) is 1. The maximum absolute atomic E-state index is 12.2. The van der Waals surface area contributed by atoms with Crippen molar-refractivity contribution < 1.29 is 4.79 Å². The number of rotatable bonds is 2. The molecule has 5 nitrogen and oxygen atoms in total. The first kappa shape index (κ1) is 12.1. The predicted octanol–water partition coefficient (Wildman–Crippen LogP) is 0.634. The summed E-state index contributed by atoms with van der Waals surface area (Å²) in [5.41, 5.74) is 0.534. The summed E-state index contributed by atoms with van der Waals surface area (Å²) in [4.78, 5) is 14.0. The van der Waals surface area contributed by atoms with E-state index >= 15 is 0 Å². The van der Waals surface area contributed by atoms with Crippen LogP contribution in [0.15, 0.2) is 12.3 Å². The number of aromatic nitrogens is 2. The summed E-state index contributed by atoms with van der Waals surface area (Å²) in [6, 6.07) is 2.10. The van der Waals surface area contributed by atoms with E-state index < -0.39 is 0 Å². The standard InChI is InChI=1S/C12H20N4O/c1-15-9-6-11(14-15)12(17)16(2)10-4-3-7-13-8-5-10/h6,9-10,13H,3-5,7-8H2,1-2H3. The van der Waals surface area contributed by atoms with Crippen molar-refractivity contribution in [3.8, 4) is 0 Å². The Bertz CT molecular complexity index is 380. The van der Waals surface area contributed by atoms with Crippen LogP contribution in [0.2, 0.25) is 0 Å². The molecule has 5 heteroatoms. The highest BCUT2D eigenvalue weighted by Gasteiger charge is 2.23. The van der Waals surface area contributed by atoms with Gasteiger partial charge in [0.15, 0.2) is 0 Å². The second-order valence-electron chi connectivity index (χ2n) is 4.63. The maximum Gasteiger partial charge on any atom is 0.274 e. The second-order valence-corrected chi connectivity index (χ2v) is 4.63. The van der Waals surface area contributed by atoms with Gasteiger partial charge >= 0.3 is 0 Å². The van der Waals surface area contributed by atoms with Crippen molar-refractivity contribution in [1.82, 2.24) is 20.0 Å². The Hall–Kier alpha value is -1.36. The Kier molecular flexibility index (Phi) is 3.78. The fourth-order valence-electron chi connectivity index (χ4n) is 2.26. The lowest BCUT2D eigenvalue weighted by molar-refractivity contribution is 0.0713. The van der Waals surface area contributed by atoms with Gasteiger partial charge in [-0.15, -0.1) is 0 Å². The Morgan fingerprint density at radius 2 is 2.35 bits per heavy atom. The molecule has 1 aromatic heterocycles. The van der Waals surface area contributed by atoms with Gasteiger partial charge in [-0.25, -0.2) is 0 Å². The molecule has 0 bridgehead atoms. The van der Waals surface area contributed by atoms with E-state index in [0.717, 1.165) is 32.4 Å². The van der Waals surface area contributed by atoms with Gasteiger partial charge in [-0.05, 0) is 38.4 Å². The molecule has 1 fully saturated rings. The third-order valence-corrected chi connectivity index (χ3v) is 3.35. The molecule has 1 unspecified atom stereocenters. The van der Waals surface area contributed by atoms with E-state index in [9.17, 15) is 4.79 Å². The van der Waals surface area contributed by atoms with E-state index in [4.69, 9.17) is 0 Å². The van der Waals surface area contributed by atoms with E-state index in [-0.39, 0.29) is 5.91 Å². The van der Waals surface area contributed by atoms with Gasteiger partial charge < -0.3 is 10.2 Å². The van der Waals surface area contributed by atoms with Crippen LogP contribution in [0.5, 0.6) is 0 Å². The smallest absolute Gasteiger partial charge is 0.274 e. The van der Waals surface area contributed by atoms with Crippen LogP contribution < -0.4 is 5.32 Å². The van der Waals surface area contributed by atoms with Gasteiger partial charge in [-0.2, -0.15) is 5.10 Å². The van der Waals surface area contributed by atoms with Gasteiger partial charge in [0, 0.05) is 26.3 Å². The lowest BCUT2D eigenvalue weighted by atomic mass is 10.1. The lowest BCUT2D eigenvalue weighted by Gasteiger charge is -2.26. The summed E-state index contributed by atoms with van der Waals surface area (Å²) in [5, 5.41) is 7.52. The van der Waals surface area contributed by atoms with Crippen LogP contribution in [0.4, 0.5) is 0 Å². The number of hydrogen-bond acceptors (Lipinski definition) is 3. The van der Waals surface area contributed by atoms with E-state index in [1.54, 1.807) is 16.9 Å². The van der Waals surface area contributed by atoms with E-state index in [2.05, 4.69) is 10.4 Å². The number of amides is 1. The molecular weight excluding hydrogens is 216 g/mol. The Morgan fingerprint density at radius 1 is 1.53 bits per heavy atom. The Balaban J connectivity index is 2.03. The number of carbonyl (C=O) groups excluding carboxylic acids is 1. The maximum atomic E-state index is 12.2. The molecule has 17 heavy (non-hydrogen) atoms. The summed E-state index contributed by atoms with van der Waals surface area (Å²) in [7, 11) is 3.71. The lowest BCUT2D eigenvalue weighted by Crippen LogP contribution is -2.37. The van der Waals surface area contributed by atoms with Crippen LogP contribution in [0.1, 0.15) is 29.8 Å². The molecule has 0 saturated carbocycles. The molecule has 1 aliphatic heterocycles. The third-order valence-electron chi connectivity index (χ3n) is 3.35. The van der Waals surface area contributed by atoms with Crippen LogP contribution in [0, 0.1) is 0 Å². The summed E-state index contributed by atoms with van der Waals surface area (Å²) in [6.07, 6.45) is 5.03. The van der Waals surface area contributed by atoms with Crippen molar-refractivity contribution in [2.45, 2.75) is 25.3 Å². The molecule has 1 saturated heterocycles. The zero-order valence-electron chi connectivity index (χ0n) is 10.5. The van der Waals surface area contributed by atoms with Crippen LogP contribution >= 0.6 is 0 Å². The number of hydrogen-bond donors (Lipinski definition) is 1. The summed E-state index contributed by atoms with van der Waals surface area (Å²) < 4.78 is 1.66. The highest BCUT2D eigenvalue weighted by Crippen LogP contribution is 2.14. The topological polar surface area (TPSA) is 50.2 Å². The largest absolute Gasteiger partial charge is 0.337 e.